The Morgan fingerprint density at radius 2 is 1.95 bits per heavy atom. The molecule has 4 nitrogen and oxygen atoms in total. The smallest absolute Gasteiger partial charge is 0.131 e. The Morgan fingerprint density at radius 1 is 1.24 bits per heavy atom. The normalized spacial score (nSPS) is 17.2. The number of anilines is 1. The molecule has 0 aliphatic carbocycles. The molecule has 1 saturated heterocycles. The van der Waals surface area contributed by atoms with E-state index < -0.39 is 0 Å². The van der Waals surface area contributed by atoms with Crippen molar-refractivity contribution in [3.05, 3.63) is 41.6 Å². The molecule has 0 atom stereocenters. The van der Waals surface area contributed by atoms with E-state index in [0.29, 0.717) is 0 Å². The maximum atomic E-state index is 6.32. The van der Waals surface area contributed by atoms with Gasteiger partial charge in [0.25, 0.3) is 0 Å². The summed E-state index contributed by atoms with van der Waals surface area (Å²) in [6.07, 6.45) is 4.48. The van der Waals surface area contributed by atoms with Crippen LogP contribution in [0, 0.1) is 12.8 Å². The average molecular weight is 284 g/mol. The predicted molar refractivity (Wildman–Crippen MR) is 86.4 cm³/mol. The summed E-state index contributed by atoms with van der Waals surface area (Å²) in [7, 11) is 0. The summed E-state index contributed by atoms with van der Waals surface area (Å²) in [6.45, 7) is 7.65. The van der Waals surface area contributed by atoms with Gasteiger partial charge in [-0.05, 0) is 50.4 Å². The summed E-state index contributed by atoms with van der Waals surface area (Å²) in [5.74, 6) is 1.62. The number of hydrogen-bond donors (Lipinski definition) is 1. The number of para-hydroxylation sites is 1. The van der Waals surface area contributed by atoms with Crippen LogP contribution in [-0.2, 0) is 6.54 Å². The first-order valence-electron chi connectivity index (χ1n) is 7.76. The van der Waals surface area contributed by atoms with E-state index in [1.54, 1.807) is 0 Å². The van der Waals surface area contributed by atoms with Crippen LogP contribution < -0.4 is 5.73 Å². The molecule has 1 aliphatic rings. The van der Waals surface area contributed by atoms with Gasteiger partial charge in [-0.15, -0.1) is 0 Å². The Morgan fingerprint density at radius 3 is 2.67 bits per heavy atom. The minimum atomic E-state index is 0.767. The summed E-state index contributed by atoms with van der Waals surface area (Å²) in [5.41, 5.74) is 9.70. The van der Waals surface area contributed by atoms with Gasteiger partial charge in [0.05, 0.1) is 11.9 Å². The quantitative estimate of drug-likeness (QED) is 0.942. The fourth-order valence-electron chi connectivity index (χ4n) is 2.97. The van der Waals surface area contributed by atoms with Crippen molar-refractivity contribution in [3.63, 3.8) is 0 Å². The van der Waals surface area contributed by atoms with Gasteiger partial charge in [0.2, 0.25) is 0 Å². The van der Waals surface area contributed by atoms with Crippen molar-refractivity contribution in [1.82, 2.24) is 14.7 Å². The lowest BCUT2D eigenvalue weighted by atomic mass is 9.99. The van der Waals surface area contributed by atoms with E-state index in [4.69, 9.17) is 5.73 Å². The second-order valence-corrected chi connectivity index (χ2v) is 6.21. The van der Waals surface area contributed by atoms with E-state index in [2.05, 4.69) is 36.0 Å². The molecule has 4 heteroatoms. The van der Waals surface area contributed by atoms with Gasteiger partial charge in [-0.2, -0.15) is 5.10 Å². The molecule has 0 unspecified atom stereocenters. The highest BCUT2D eigenvalue weighted by atomic mass is 15.3. The first-order valence-corrected chi connectivity index (χ1v) is 7.76. The highest BCUT2D eigenvalue weighted by Crippen LogP contribution is 2.23. The van der Waals surface area contributed by atoms with Gasteiger partial charge in [0, 0.05) is 12.1 Å². The van der Waals surface area contributed by atoms with Gasteiger partial charge in [-0.3, -0.25) is 4.90 Å². The third-order valence-corrected chi connectivity index (χ3v) is 4.50. The maximum Gasteiger partial charge on any atom is 0.131 e. The number of aromatic nitrogens is 2. The van der Waals surface area contributed by atoms with Gasteiger partial charge >= 0.3 is 0 Å². The van der Waals surface area contributed by atoms with Crippen LogP contribution >= 0.6 is 0 Å². The summed E-state index contributed by atoms with van der Waals surface area (Å²) >= 11 is 0. The SMILES string of the molecule is Cc1ccccc1-n1ncc(CN2CCC(C)CC2)c1N. The second kappa shape index (κ2) is 5.90. The molecular weight excluding hydrogens is 260 g/mol. The van der Waals surface area contributed by atoms with Gasteiger partial charge < -0.3 is 5.73 Å². The Balaban J connectivity index is 1.78. The Hall–Kier alpha value is -1.81. The molecule has 1 aliphatic heterocycles. The minimum absolute atomic E-state index is 0.767. The third-order valence-electron chi connectivity index (χ3n) is 4.50. The fourth-order valence-corrected chi connectivity index (χ4v) is 2.97. The van der Waals surface area contributed by atoms with Crippen LogP contribution in [0.5, 0.6) is 0 Å². The lowest BCUT2D eigenvalue weighted by molar-refractivity contribution is 0.185. The molecule has 2 aromatic rings. The van der Waals surface area contributed by atoms with Gasteiger partial charge in [-0.1, -0.05) is 25.1 Å². The Labute approximate surface area is 126 Å². The van der Waals surface area contributed by atoms with Crippen LogP contribution in [-0.4, -0.2) is 27.8 Å². The molecule has 1 aromatic carbocycles. The number of hydrogen-bond acceptors (Lipinski definition) is 3. The molecule has 0 bridgehead atoms. The van der Waals surface area contributed by atoms with Crippen LogP contribution in [0.3, 0.4) is 0 Å². The number of piperidine rings is 1. The molecule has 21 heavy (non-hydrogen) atoms. The first-order chi connectivity index (χ1) is 10.1. The predicted octanol–water partition coefficient (Wildman–Crippen LogP) is 2.99. The van der Waals surface area contributed by atoms with E-state index in [1.165, 1.54) is 18.4 Å². The highest BCUT2D eigenvalue weighted by Gasteiger charge is 2.18. The van der Waals surface area contributed by atoms with Crippen molar-refractivity contribution in [3.8, 4) is 5.69 Å². The monoisotopic (exact) mass is 284 g/mol. The first kappa shape index (κ1) is 14.1. The summed E-state index contributed by atoms with van der Waals surface area (Å²) < 4.78 is 1.86. The number of rotatable bonds is 3. The van der Waals surface area contributed by atoms with Crippen molar-refractivity contribution in [1.29, 1.82) is 0 Å². The summed E-state index contributed by atoms with van der Waals surface area (Å²) in [4.78, 5) is 2.48. The topological polar surface area (TPSA) is 47.1 Å². The number of nitrogens with two attached hydrogens (primary N) is 1. The number of benzene rings is 1. The standard InChI is InChI=1S/C17H24N4/c1-13-7-9-20(10-8-13)12-15-11-19-21(17(15)18)16-6-4-3-5-14(16)2/h3-6,11,13H,7-10,12,18H2,1-2H3. The van der Waals surface area contributed by atoms with E-state index in [1.807, 2.05) is 23.0 Å². The van der Waals surface area contributed by atoms with Crippen LogP contribution in [0.15, 0.2) is 30.5 Å². The number of aryl methyl sites for hydroxylation is 1. The number of nitrogen functional groups attached to an aromatic ring is 1. The van der Waals surface area contributed by atoms with Crippen molar-refractivity contribution in [2.75, 3.05) is 18.8 Å². The lowest BCUT2D eigenvalue weighted by Gasteiger charge is -2.29. The van der Waals surface area contributed by atoms with Crippen molar-refractivity contribution in [2.24, 2.45) is 5.92 Å². The molecule has 0 saturated carbocycles. The minimum Gasteiger partial charge on any atom is -0.383 e. The van der Waals surface area contributed by atoms with E-state index in [9.17, 15) is 0 Å². The van der Waals surface area contributed by atoms with Crippen LogP contribution in [0.1, 0.15) is 30.9 Å². The van der Waals surface area contributed by atoms with Crippen LogP contribution in [0.2, 0.25) is 0 Å². The largest absolute Gasteiger partial charge is 0.383 e. The molecule has 0 amide bonds. The number of likely N-dealkylation sites (tertiary alicyclic amines) is 1. The summed E-state index contributed by atoms with van der Waals surface area (Å²) in [5, 5.41) is 4.49. The van der Waals surface area contributed by atoms with Crippen LogP contribution in [0.25, 0.3) is 5.69 Å². The summed E-state index contributed by atoms with van der Waals surface area (Å²) in [6, 6.07) is 8.21. The van der Waals surface area contributed by atoms with Crippen molar-refractivity contribution in [2.45, 2.75) is 33.2 Å². The zero-order chi connectivity index (χ0) is 14.8. The second-order valence-electron chi connectivity index (χ2n) is 6.21. The zero-order valence-electron chi connectivity index (χ0n) is 12.9. The van der Waals surface area contributed by atoms with Crippen LogP contribution in [0.4, 0.5) is 5.82 Å². The van der Waals surface area contributed by atoms with Crippen molar-refractivity contribution >= 4 is 5.82 Å². The van der Waals surface area contributed by atoms with E-state index in [0.717, 1.165) is 42.6 Å². The molecule has 2 N–H and O–H groups in total. The lowest BCUT2D eigenvalue weighted by Crippen LogP contribution is -2.32. The molecule has 1 fully saturated rings. The molecular formula is C17H24N4. The molecule has 0 radical (unpaired) electrons. The molecule has 0 spiro atoms. The molecule has 3 rings (SSSR count). The van der Waals surface area contributed by atoms with E-state index >= 15 is 0 Å². The zero-order valence-corrected chi connectivity index (χ0v) is 12.9. The Bertz CT molecular complexity index is 609. The van der Waals surface area contributed by atoms with Gasteiger partial charge in [-0.25, -0.2) is 4.68 Å². The molecule has 112 valence electrons. The fraction of sp³-hybridized carbons (Fsp3) is 0.471. The van der Waals surface area contributed by atoms with Gasteiger partial charge in [0.15, 0.2) is 0 Å². The third kappa shape index (κ3) is 2.95. The maximum absolute atomic E-state index is 6.32. The highest BCUT2D eigenvalue weighted by molar-refractivity contribution is 5.49. The van der Waals surface area contributed by atoms with Crippen molar-refractivity contribution < 1.29 is 0 Å². The van der Waals surface area contributed by atoms with Gasteiger partial charge in [0.1, 0.15) is 5.82 Å². The average Bonchev–Trinajstić information content (AvgIpc) is 2.83. The molecule has 1 aromatic heterocycles. The Kier molecular flexibility index (Phi) is 3.97. The molecule has 2 heterocycles. The number of nitrogens with zero attached hydrogens (tertiary/aromatic N) is 3. The van der Waals surface area contributed by atoms with E-state index in [-0.39, 0.29) is 0 Å².